The molecule has 1 N–H and O–H groups in total. The fraction of sp³-hybridized carbons (Fsp3) is 0.353. The van der Waals surface area contributed by atoms with Crippen LogP contribution in [-0.4, -0.2) is 25.8 Å². The molecule has 0 saturated heterocycles. The number of nitrogens with zero attached hydrogens (tertiary/aromatic N) is 3. The molecule has 0 spiro atoms. The van der Waals surface area contributed by atoms with Crippen LogP contribution in [0.1, 0.15) is 39.0 Å². The molecule has 0 bridgehead atoms. The highest BCUT2D eigenvalue weighted by Crippen LogP contribution is 2.31. The number of ether oxygens (including phenoxy) is 1. The van der Waals surface area contributed by atoms with Gasteiger partial charge in [0.25, 0.3) is 0 Å². The average Bonchev–Trinajstić information content (AvgIpc) is 3.05. The third-order valence-corrected chi connectivity index (χ3v) is 4.00. The summed E-state index contributed by atoms with van der Waals surface area (Å²) in [5, 5.41) is 8.24. The normalized spacial score (nSPS) is 11.9. The number of nitrogens with one attached hydrogen (secondary N) is 1. The first kappa shape index (κ1) is 16.5. The fourth-order valence-electron chi connectivity index (χ4n) is 2.35. The van der Waals surface area contributed by atoms with E-state index in [4.69, 9.17) is 16.3 Å². The van der Waals surface area contributed by atoms with E-state index in [1.165, 1.54) is 6.92 Å². The van der Waals surface area contributed by atoms with Gasteiger partial charge in [-0.05, 0) is 5.56 Å². The molecular weight excluding hydrogens is 328 g/mol. The Morgan fingerprint density at radius 2 is 1.96 bits per heavy atom. The highest BCUT2D eigenvalue weighted by molar-refractivity contribution is 6.34. The van der Waals surface area contributed by atoms with E-state index in [0.29, 0.717) is 16.5 Å². The van der Waals surface area contributed by atoms with Crippen LogP contribution < -0.4 is 0 Å². The van der Waals surface area contributed by atoms with E-state index >= 15 is 0 Å². The van der Waals surface area contributed by atoms with Crippen molar-refractivity contribution in [1.29, 1.82) is 0 Å². The summed E-state index contributed by atoms with van der Waals surface area (Å²) in [6.45, 7) is 7.88. The standard InChI is InChI=1S/C17H19ClN4O2/c1-10(23)24-9-11-5-7-12(8-6-11)15-19-16-13(18)14(17(2,3)4)20-22(16)21-15/h5-8,20H,9H2,1-4H3. The number of halogens is 1. The zero-order valence-corrected chi connectivity index (χ0v) is 14.8. The van der Waals surface area contributed by atoms with Crippen LogP contribution in [0.4, 0.5) is 0 Å². The molecule has 0 radical (unpaired) electrons. The monoisotopic (exact) mass is 346 g/mol. The van der Waals surface area contributed by atoms with E-state index in [1.807, 2.05) is 24.3 Å². The lowest BCUT2D eigenvalue weighted by Crippen LogP contribution is -2.12. The summed E-state index contributed by atoms with van der Waals surface area (Å²) in [6.07, 6.45) is 0. The van der Waals surface area contributed by atoms with Crippen LogP contribution in [0.5, 0.6) is 0 Å². The molecular formula is C17H19ClN4O2. The van der Waals surface area contributed by atoms with E-state index in [0.717, 1.165) is 16.8 Å². The number of esters is 1. The Hall–Kier alpha value is -2.34. The zero-order chi connectivity index (χ0) is 17.5. The van der Waals surface area contributed by atoms with E-state index in [-0.39, 0.29) is 18.0 Å². The Morgan fingerprint density at radius 3 is 2.50 bits per heavy atom. The average molecular weight is 347 g/mol. The molecule has 3 aromatic rings. The molecule has 0 unspecified atom stereocenters. The van der Waals surface area contributed by atoms with Crippen LogP contribution in [-0.2, 0) is 21.6 Å². The molecule has 0 atom stereocenters. The Labute approximate surface area is 144 Å². The van der Waals surface area contributed by atoms with Gasteiger partial charge in [0.15, 0.2) is 11.5 Å². The first-order chi connectivity index (χ1) is 11.3. The molecule has 24 heavy (non-hydrogen) atoms. The largest absolute Gasteiger partial charge is 0.461 e. The number of aromatic amines is 1. The van der Waals surface area contributed by atoms with E-state index < -0.39 is 0 Å². The van der Waals surface area contributed by atoms with E-state index in [9.17, 15) is 4.79 Å². The number of benzene rings is 1. The zero-order valence-electron chi connectivity index (χ0n) is 14.1. The van der Waals surface area contributed by atoms with Crippen LogP contribution in [0, 0.1) is 0 Å². The van der Waals surface area contributed by atoms with Gasteiger partial charge in [-0.2, -0.15) is 4.63 Å². The minimum absolute atomic E-state index is 0.113. The SMILES string of the molecule is CC(=O)OCc1ccc(-c2nc3c(Cl)c(C(C)(C)C)[nH]n3n2)cc1. The summed E-state index contributed by atoms with van der Waals surface area (Å²) in [6, 6.07) is 7.56. The molecule has 0 saturated carbocycles. The molecule has 2 heterocycles. The van der Waals surface area contributed by atoms with Gasteiger partial charge in [0.05, 0.1) is 5.69 Å². The molecule has 126 valence electrons. The molecule has 0 aliphatic carbocycles. The lowest BCUT2D eigenvalue weighted by atomic mass is 9.92. The number of rotatable bonds is 3. The molecule has 1 aromatic carbocycles. The van der Waals surface area contributed by atoms with Crippen molar-refractivity contribution in [2.24, 2.45) is 0 Å². The molecule has 0 aliphatic heterocycles. The summed E-state index contributed by atoms with van der Waals surface area (Å²) in [4.78, 5) is 15.4. The van der Waals surface area contributed by atoms with Gasteiger partial charge in [-0.15, -0.1) is 5.10 Å². The van der Waals surface area contributed by atoms with Crippen LogP contribution in [0.3, 0.4) is 0 Å². The first-order valence-electron chi connectivity index (χ1n) is 7.63. The number of hydrogen-bond donors (Lipinski definition) is 1. The van der Waals surface area contributed by atoms with Gasteiger partial charge < -0.3 is 4.74 Å². The Bertz CT molecular complexity index is 888. The summed E-state index contributed by atoms with van der Waals surface area (Å²) in [5.74, 6) is 0.288. The topological polar surface area (TPSA) is 72.3 Å². The van der Waals surface area contributed by atoms with Crippen LogP contribution in [0.15, 0.2) is 24.3 Å². The maximum atomic E-state index is 10.8. The van der Waals surface area contributed by atoms with Gasteiger partial charge in [-0.3, -0.25) is 9.89 Å². The molecule has 6 nitrogen and oxygen atoms in total. The molecule has 3 rings (SSSR count). The first-order valence-corrected chi connectivity index (χ1v) is 8.01. The molecule has 0 aliphatic rings. The molecule has 2 aromatic heterocycles. The minimum Gasteiger partial charge on any atom is -0.461 e. The third kappa shape index (κ3) is 3.14. The van der Waals surface area contributed by atoms with Gasteiger partial charge in [0.2, 0.25) is 0 Å². The second-order valence-corrected chi connectivity index (χ2v) is 7.08. The van der Waals surface area contributed by atoms with Gasteiger partial charge in [-0.25, -0.2) is 4.98 Å². The molecule has 0 fully saturated rings. The van der Waals surface area contributed by atoms with E-state index in [1.54, 1.807) is 4.63 Å². The van der Waals surface area contributed by atoms with Crippen molar-refractivity contribution < 1.29 is 9.53 Å². The van der Waals surface area contributed by atoms with Crippen molar-refractivity contribution in [3.63, 3.8) is 0 Å². The van der Waals surface area contributed by atoms with Gasteiger partial charge >= 0.3 is 5.97 Å². The maximum Gasteiger partial charge on any atom is 0.302 e. The van der Waals surface area contributed by atoms with Crippen molar-refractivity contribution in [2.45, 2.75) is 39.7 Å². The second kappa shape index (κ2) is 5.94. The quantitative estimate of drug-likeness (QED) is 0.733. The number of carbonyl (C=O) groups is 1. The molecule has 7 heteroatoms. The number of H-pyrrole nitrogens is 1. The number of fused-ring (bicyclic) bond motifs is 1. The van der Waals surface area contributed by atoms with Crippen molar-refractivity contribution in [3.8, 4) is 11.4 Å². The van der Waals surface area contributed by atoms with Crippen LogP contribution in [0.2, 0.25) is 5.02 Å². The van der Waals surface area contributed by atoms with Gasteiger partial charge in [0, 0.05) is 17.9 Å². The predicted molar refractivity (Wildman–Crippen MR) is 92.0 cm³/mol. The molecule has 0 amide bonds. The van der Waals surface area contributed by atoms with Crippen LogP contribution in [0.25, 0.3) is 17.0 Å². The Balaban J connectivity index is 1.89. The lowest BCUT2D eigenvalue weighted by Gasteiger charge is -2.16. The summed E-state index contributed by atoms with van der Waals surface area (Å²) >= 11 is 6.44. The van der Waals surface area contributed by atoms with Crippen molar-refractivity contribution in [3.05, 3.63) is 40.5 Å². The highest BCUT2D eigenvalue weighted by Gasteiger charge is 2.24. The fourth-order valence-corrected chi connectivity index (χ4v) is 2.80. The lowest BCUT2D eigenvalue weighted by molar-refractivity contribution is -0.142. The summed E-state index contributed by atoms with van der Waals surface area (Å²) in [7, 11) is 0. The maximum absolute atomic E-state index is 10.8. The highest BCUT2D eigenvalue weighted by atomic mass is 35.5. The van der Waals surface area contributed by atoms with Gasteiger partial charge in [-0.1, -0.05) is 56.6 Å². The summed E-state index contributed by atoms with van der Waals surface area (Å²) < 4.78 is 6.58. The Kier molecular flexibility index (Phi) is 4.09. The minimum atomic E-state index is -0.298. The Morgan fingerprint density at radius 1 is 1.29 bits per heavy atom. The summed E-state index contributed by atoms with van der Waals surface area (Å²) in [5.41, 5.74) is 3.18. The number of hydrogen-bond acceptors (Lipinski definition) is 4. The van der Waals surface area contributed by atoms with E-state index in [2.05, 4.69) is 36.0 Å². The van der Waals surface area contributed by atoms with Gasteiger partial charge in [0.1, 0.15) is 11.6 Å². The smallest absolute Gasteiger partial charge is 0.302 e. The van der Waals surface area contributed by atoms with Crippen molar-refractivity contribution >= 4 is 23.2 Å². The number of aromatic nitrogens is 4. The second-order valence-electron chi connectivity index (χ2n) is 6.70. The van der Waals surface area contributed by atoms with Crippen molar-refractivity contribution in [1.82, 2.24) is 19.8 Å². The number of carbonyl (C=O) groups excluding carboxylic acids is 1. The van der Waals surface area contributed by atoms with Crippen LogP contribution >= 0.6 is 11.6 Å². The predicted octanol–water partition coefficient (Wildman–Crippen LogP) is 3.74. The third-order valence-electron chi connectivity index (χ3n) is 3.64. The van der Waals surface area contributed by atoms with Crippen molar-refractivity contribution in [2.75, 3.05) is 0 Å².